The number of aliphatic carboxylic acids is 1. The van der Waals surface area contributed by atoms with E-state index in [9.17, 15) is 4.79 Å². The molecule has 0 bridgehead atoms. The van der Waals surface area contributed by atoms with Gasteiger partial charge >= 0.3 is 5.97 Å². The van der Waals surface area contributed by atoms with E-state index in [0.29, 0.717) is 0 Å². The molecule has 0 aliphatic carbocycles. The number of benzene rings is 1. The Hall–Kier alpha value is -2.03. The van der Waals surface area contributed by atoms with Gasteiger partial charge in [-0.2, -0.15) is 0 Å². The van der Waals surface area contributed by atoms with Gasteiger partial charge in [-0.15, -0.1) is 0 Å². The molecule has 0 aromatic heterocycles. The average Bonchev–Trinajstić information content (AvgIpc) is 2.25. The summed E-state index contributed by atoms with van der Waals surface area (Å²) in [6, 6.07) is 8.00. The van der Waals surface area contributed by atoms with Crippen molar-refractivity contribution in [1.82, 2.24) is 0 Å². The summed E-state index contributed by atoms with van der Waals surface area (Å²) in [6.07, 6.45) is 6.17. The summed E-state index contributed by atoms with van der Waals surface area (Å²) >= 11 is 0. The Morgan fingerprint density at radius 3 is 2.31 bits per heavy atom. The van der Waals surface area contributed by atoms with Crippen molar-refractivity contribution in [3.8, 4) is 0 Å². The molecule has 3 nitrogen and oxygen atoms in total. The van der Waals surface area contributed by atoms with E-state index in [-0.39, 0.29) is 0 Å². The first-order valence-corrected chi connectivity index (χ1v) is 4.94. The monoisotopic (exact) mass is 217 g/mol. The van der Waals surface area contributed by atoms with Crippen LogP contribution in [0.15, 0.2) is 42.5 Å². The Morgan fingerprint density at radius 1 is 1.19 bits per heavy atom. The number of nitrogens with zero attached hydrogens (tertiary/aromatic N) is 1. The van der Waals surface area contributed by atoms with Crippen molar-refractivity contribution in [1.29, 1.82) is 0 Å². The van der Waals surface area contributed by atoms with E-state index in [2.05, 4.69) is 0 Å². The molecule has 0 aliphatic rings. The third kappa shape index (κ3) is 4.00. The molecule has 84 valence electrons. The molecule has 1 N–H and O–H groups in total. The molecule has 1 rings (SSSR count). The molecule has 0 amide bonds. The van der Waals surface area contributed by atoms with Crippen molar-refractivity contribution in [3.63, 3.8) is 0 Å². The Balaban J connectivity index is 2.65. The van der Waals surface area contributed by atoms with Crippen LogP contribution in [0, 0.1) is 0 Å². The zero-order chi connectivity index (χ0) is 12.0. The zero-order valence-electron chi connectivity index (χ0n) is 9.42. The number of carbonyl (C=O) groups is 1. The second-order valence-electron chi connectivity index (χ2n) is 3.54. The van der Waals surface area contributed by atoms with Gasteiger partial charge in [-0.05, 0) is 17.7 Å². The quantitative estimate of drug-likeness (QED) is 0.622. The number of carboxylic acids is 1. The molecule has 1 aromatic rings. The van der Waals surface area contributed by atoms with Crippen LogP contribution in [-0.2, 0) is 4.79 Å². The number of hydrogen-bond acceptors (Lipinski definition) is 2. The second kappa shape index (κ2) is 5.75. The third-order valence-corrected chi connectivity index (χ3v) is 2.05. The van der Waals surface area contributed by atoms with E-state index in [1.54, 1.807) is 6.08 Å². The number of anilines is 1. The summed E-state index contributed by atoms with van der Waals surface area (Å²) in [7, 11) is 3.97. The van der Waals surface area contributed by atoms with Gasteiger partial charge in [-0.25, -0.2) is 4.79 Å². The molecular formula is C13H15NO2. The van der Waals surface area contributed by atoms with Gasteiger partial charge in [0, 0.05) is 25.9 Å². The van der Waals surface area contributed by atoms with Crippen molar-refractivity contribution >= 4 is 17.7 Å². The van der Waals surface area contributed by atoms with E-state index in [1.165, 1.54) is 6.08 Å². The van der Waals surface area contributed by atoms with E-state index in [4.69, 9.17) is 5.11 Å². The second-order valence-corrected chi connectivity index (χ2v) is 3.54. The molecule has 0 saturated heterocycles. The summed E-state index contributed by atoms with van der Waals surface area (Å²) in [4.78, 5) is 12.2. The highest BCUT2D eigenvalue weighted by atomic mass is 16.4. The van der Waals surface area contributed by atoms with Gasteiger partial charge in [-0.1, -0.05) is 30.4 Å². The SMILES string of the molecule is CN(C)c1ccc(/C=C/C=C/C(=O)O)cc1. The Morgan fingerprint density at radius 2 is 1.81 bits per heavy atom. The Bertz CT molecular complexity index is 402. The van der Waals surface area contributed by atoms with Gasteiger partial charge in [-0.3, -0.25) is 0 Å². The van der Waals surface area contributed by atoms with E-state index in [1.807, 2.05) is 49.3 Å². The minimum absolute atomic E-state index is 0.937. The lowest BCUT2D eigenvalue weighted by atomic mass is 10.2. The van der Waals surface area contributed by atoms with E-state index >= 15 is 0 Å². The molecule has 0 heterocycles. The van der Waals surface area contributed by atoms with Crippen LogP contribution in [0.2, 0.25) is 0 Å². The van der Waals surface area contributed by atoms with Gasteiger partial charge in [0.1, 0.15) is 0 Å². The first-order chi connectivity index (χ1) is 7.59. The van der Waals surface area contributed by atoms with E-state index < -0.39 is 5.97 Å². The lowest BCUT2D eigenvalue weighted by Crippen LogP contribution is -2.07. The molecule has 1 aromatic carbocycles. The fourth-order valence-corrected chi connectivity index (χ4v) is 1.19. The minimum atomic E-state index is -0.937. The van der Waals surface area contributed by atoms with Gasteiger partial charge in [0.15, 0.2) is 0 Å². The smallest absolute Gasteiger partial charge is 0.328 e. The lowest BCUT2D eigenvalue weighted by molar-refractivity contribution is -0.131. The van der Waals surface area contributed by atoms with Crippen LogP contribution >= 0.6 is 0 Å². The van der Waals surface area contributed by atoms with Crippen LogP contribution in [0.5, 0.6) is 0 Å². The number of carboxylic acid groups (broad SMARTS) is 1. The highest BCUT2D eigenvalue weighted by Gasteiger charge is 1.92. The van der Waals surface area contributed by atoms with Crippen LogP contribution in [0.3, 0.4) is 0 Å². The minimum Gasteiger partial charge on any atom is -0.478 e. The average molecular weight is 217 g/mol. The number of allylic oxidation sites excluding steroid dienone is 2. The van der Waals surface area contributed by atoms with Crippen molar-refractivity contribution in [2.75, 3.05) is 19.0 Å². The van der Waals surface area contributed by atoms with Crippen LogP contribution in [0.25, 0.3) is 6.08 Å². The van der Waals surface area contributed by atoms with Gasteiger partial charge in [0.2, 0.25) is 0 Å². The molecule has 0 radical (unpaired) electrons. The molecular weight excluding hydrogens is 202 g/mol. The summed E-state index contributed by atoms with van der Waals surface area (Å²) in [6.45, 7) is 0. The molecule has 0 fully saturated rings. The third-order valence-electron chi connectivity index (χ3n) is 2.05. The standard InChI is InChI=1S/C13H15NO2/c1-14(2)12-9-7-11(8-10-12)5-3-4-6-13(15)16/h3-10H,1-2H3,(H,15,16)/b5-3+,6-4+. The van der Waals surface area contributed by atoms with Crippen LogP contribution in [0.1, 0.15) is 5.56 Å². The number of hydrogen-bond donors (Lipinski definition) is 1. The predicted molar refractivity (Wildman–Crippen MR) is 66.6 cm³/mol. The lowest BCUT2D eigenvalue weighted by Gasteiger charge is -2.11. The Kier molecular flexibility index (Phi) is 4.33. The fourth-order valence-electron chi connectivity index (χ4n) is 1.19. The molecule has 16 heavy (non-hydrogen) atoms. The first kappa shape index (κ1) is 12.0. The number of rotatable bonds is 4. The molecule has 0 atom stereocenters. The van der Waals surface area contributed by atoms with Crippen molar-refractivity contribution in [2.45, 2.75) is 0 Å². The summed E-state index contributed by atoms with van der Waals surface area (Å²) < 4.78 is 0. The molecule has 0 saturated carbocycles. The topological polar surface area (TPSA) is 40.5 Å². The predicted octanol–water partition coefficient (Wildman–Crippen LogP) is 2.41. The maximum Gasteiger partial charge on any atom is 0.328 e. The van der Waals surface area contributed by atoms with Gasteiger partial charge < -0.3 is 10.0 Å². The molecule has 0 spiro atoms. The van der Waals surface area contributed by atoms with E-state index in [0.717, 1.165) is 17.3 Å². The fraction of sp³-hybridized carbons (Fsp3) is 0.154. The van der Waals surface area contributed by atoms with Gasteiger partial charge in [0.25, 0.3) is 0 Å². The highest BCUT2D eigenvalue weighted by Crippen LogP contribution is 2.12. The van der Waals surface area contributed by atoms with Crippen LogP contribution in [-0.4, -0.2) is 25.2 Å². The summed E-state index contributed by atoms with van der Waals surface area (Å²) in [5.74, 6) is -0.937. The van der Waals surface area contributed by atoms with Crippen molar-refractivity contribution < 1.29 is 9.90 Å². The zero-order valence-corrected chi connectivity index (χ0v) is 9.42. The van der Waals surface area contributed by atoms with Crippen LogP contribution in [0.4, 0.5) is 5.69 Å². The normalized spacial score (nSPS) is 11.1. The van der Waals surface area contributed by atoms with Crippen molar-refractivity contribution in [3.05, 3.63) is 48.1 Å². The molecule has 0 aliphatic heterocycles. The maximum atomic E-state index is 10.2. The maximum absolute atomic E-state index is 10.2. The summed E-state index contributed by atoms with van der Waals surface area (Å²) in [5.41, 5.74) is 2.18. The molecule has 3 heteroatoms. The first-order valence-electron chi connectivity index (χ1n) is 4.94. The van der Waals surface area contributed by atoms with Gasteiger partial charge in [0.05, 0.1) is 0 Å². The highest BCUT2D eigenvalue weighted by molar-refractivity contribution is 5.80. The van der Waals surface area contributed by atoms with Crippen molar-refractivity contribution in [2.24, 2.45) is 0 Å². The molecule has 0 unspecified atom stereocenters. The van der Waals surface area contributed by atoms with Crippen LogP contribution < -0.4 is 4.90 Å². The Labute approximate surface area is 95.3 Å². The summed E-state index contributed by atoms with van der Waals surface area (Å²) in [5, 5.41) is 8.38. The largest absolute Gasteiger partial charge is 0.478 e.